The molecule has 0 aliphatic carbocycles. The number of carbonyl (C=O) groups excluding carboxylic acids is 4. The molecule has 3 N–H and O–H groups in total. The van der Waals surface area contributed by atoms with E-state index in [-0.39, 0.29) is 38.4 Å². The predicted octanol–water partition coefficient (Wildman–Crippen LogP) is 0.513. The molecule has 2 aliphatic rings. The molecule has 3 amide bonds. The fourth-order valence-electron chi connectivity index (χ4n) is 6.14. The lowest BCUT2D eigenvalue weighted by Crippen LogP contribution is -2.58. The Bertz CT molecular complexity index is 1430. The minimum absolute atomic E-state index is 0.0531. The third kappa shape index (κ3) is 10.5. The number of benzene rings is 2. The maximum absolute atomic E-state index is 14.4. The second-order valence-corrected chi connectivity index (χ2v) is 13.6. The van der Waals surface area contributed by atoms with Crippen LogP contribution in [0.1, 0.15) is 51.2 Å². The Morgan fingerprint density at radius 3 is 2.35 bits per heavy atom. The summed E-state index contributed by atoms with van der Waals surface area (Å²) in [6, 6.07) is 10.8. The molecule has 48 heavy (non-hydrogen) atoms. The van der Waals surface area contributed by atoms with Crippen molar-refractivity contribution in [2.75, 3.05) is 46.4 Å². The highest BCUT2D eigenvalue weighted by Crippen LogP contribution is 2.21. The molecule has 13 heteroatoms. The number of ether oxygens (including phenoxy) is 2. The smallest absolute Gasteiger partial charge is 0.329 e. The number of phenolic OH excluding ortho intramolecular Hbond substituents is 1. The Hall–Kier alpha value is -3.94. The van der Waals surface area contributed by atoms with Crippen LogP contribution in [0.5, 0.6) is 5.75 Å². The first-order valence-corrected chi connectivity index (χ1v) is 16.7. The summed E-state index contributed by atoms with van der Waals surface area (Å²) in [6.07, 6.45) is 1.52. The Kier molecular flexibility index (Phi) is 13.0. The molecule has 0 spiro atoms. The van der Waals surface area contributed by atoms with Crippen LogP contribution in [0, 0.1) is 0 Å². The molecule has 260 valence electrons. The second kappa shape index (κ2) is 16.9. The van der Waals surface area contributed by atoms with Crippen LogP contribution in [0.4, 0.5) is 0 Å². The standard InChI is InChI=1S/C35H49BN4O8/c1-35(2,3)48-34(45)30(23-24-8-5-10-26(20-24)36-46)38(4)33(44)28(13-15-39-16-18-47-19-17-39)37-32(43)29(40-14-7-12-31(40)42)22-25-9-6-11-27(41)21-25/h5-6,8-11,20-21,28-30,36,41,46H,7,12-19,22-23H2,1-4H3,(H,37,43)/t28-,29-,30-/m0/s1. The first-order chi connectivity index (χ1) is 22.8. The molecule has 2 heterocycles. The molecule has 0 unspecified atom stereocenters. The summed E-state index contributed by atoms with van der Waals surface area (Å²) in [5, 5.41) is 22.7. The van der Waals surface area contributed by atoms with Crippen LogP contribution in [0.3, 0.4) is 0 Å². The zero-order valence-electron chi connectivity index (χ0n) is 28.5. The van der Waals surface area contributed by atoms with Crippen LogP contribution in [0.25, 0.3) is 0 Å². The topological polar surface area (TPSA) is 149 Å². The number of hydrogen-bond acceptors (Lipinski definition) is 9. The molecule has 2 aromatic rings. The van der Waals surface area contributed by atoms with E-state index in [0.717, 1.165) is 5.56 Å². The molecular formula is C35H49BN4O8. The van der Waals surface area contributed by atoms with Crippen LogP contribution in [0.15, 0.2) is 48.5 Å². The van der Waals surface area contributed by atoms with Gasteiger partial charge in [-0.05, 0) is 56.9 Å². The van der Waals surface area contributed by atoms with Gasteiger partial charge >= 0.3 is 13.5 Å². The molecule has 2 saturated heterocycles. The number of rotatable bonds is 14. The van der Waals surface area contributed by atoms with Gasteiger partial charge in [-0.15, -0.1) is 0 Å². The Morgan fingerprint density at radius 2 is 1.73 bits per heavy atom. The van der Waals surface area contributed by atoms with Crippen LogP contribution in [-0.2, 0) is 41.5 Å². The highest BCUT2D eigenvalue weighted by atomic mass is 16.6. The maximum atomic E-state index is 14.4. The number of hydrogen-bond donors (Lipinski definition) is 3. The summed E-state index contributed by atoms with van der Waals surface area (Å²) in [7, 11) is 1.37. The van der Waals surface area contributed by atoms with Crippen molar-refractivity contribution < 1.29 is 38.8 Å². The molecule has 0 aromatic heterocycles. The monoisotopic (exact) mass is 664 g/mol. The number of esters is 1. The number of nitrogens with one attached hydrogen (secondary N) is 1. The van der Waals surface area contributed by atoms with Gasteiger partial charge in [-0.25, -0.2) is 4.79 Å². The number of likely N-dealkylation sites (tertiary alicyclic amines) is 1. The fourth-order valence-corrected chi connectivity index (χ4v) is 6.14. The van der Waals surface area contributed by atoms with Crippen molar-refractivity contribution in [3.05, 3.63) is 59.7 Å². The Balaban J connectivity index is 1.62. The molecule has 0 radical (unpaired) electrons. The molecule has 2 fully saturated rings. The largest absolute Gasteiger partial charge is 0.508 e. The molecule has 4 rings (SSSR count). The van der Waals surface area contributed by atoms with Gasteiger partial charge in [-0.2, -0.15) is 0 Å². The van der Waals surface area contributed by atoms with E-state index in [1.54, 1.807) is 62.1 Å². The first-order valence-electron chi connectivity index (χ1n) is 16.7. The number of phenols is 1. The summed E-state index contributed by atoms with van der Waals surface area (Å²) >= 11 is 0. The van der Waals surface area contributed by atoms with Gasteiger partial charge in [0, 0.05) is 52.5 Å². The third-order valence-corrected chi connectivity index (χ3v) is 8.68. The number of aromatic hydroxyl groups is 1. The molecule has 2 aliphatic heterocycles. The fraction of sp³-hybridized carbons (Fsp3) is 0.543. The Labute approximate surface area is 283 Å². The van der Waals surface area contributed by atoms with E-state index in [0.29, 0.717) is 63.3 Å². The quantitative estimate of drug-likeness (QED) is 0.194. The lowest BCUT2D eigenvalue weighted by molar-refractivity contribution is -0.164. The maximum Gasteiger partial charge on any atom is 0.329 e. The summed E-state index contributed by atoms with van der Waals surface area (Å²) in [5.74, 6) is -1.62. The van der Waals surface area contributed by atoms with Crippen LogP contribution < -0.4 is 10.8 Å². The SMILES string of the molecule is CN(C(=O)[C@H](CCN1CCOCC1)NC(=O)[C@H](Cc1cccc(O)c1)N1CCCC1=O)[C@@H](Cc1cccc(BO)c1)C(=O)OC(C)(C)C. The average Bonchev–Trinajstić information content (AvgIpc) is 3.48. The summed E-state index contributed by atoms with van der Waals surface area (Å²) in [6.45, 7) is 8.71. The van der Waals surface area contributed by atoms with Crippen molar-refractivity contribution >= 4 is 36.6 Å². The zero-order valence-corrected chi connectivity index (χ0v) is 28.5. The summed E-state index contributed by atoms with van der Waals surface area (Å²) in [5.41, 5.74) is 1.29. The predicted molar refractivity (Wildman–Crippen MR) is 182 cm³/mol. The van der Waals surface area contributed by atoms with Gasteiger partial charge in [-0.3, -0.25) is 19.3 Å². The van der Waals surface area contributed by atoms with Crippen LogP contribution >= 0.6 is 0 Å². The van der Waals surface area contributed by atoms with E-state index in [1.807, 2.05) is 6.07 Å². The van der Waals surface area contributed by atoms with E-state index in [2.05, 4.69) is 10.2 Å². The Morgan fingerprint density at radius 1 is 1.04 bits per heavy atom. The van der Waals surface area contributed by atoms with E-state index in [4.69, 9.17) is 9.47 Å². The van der Waals surface area contributed by atoms with Crippen molar-refractivity contribution in [1.29, 1.82) is 0 Å². The average molecular weight is 665 g/mol. The van der Waals surface area contributed by atoms with Crippen molar-refractivity contribution in [1.82, 2.24) is 20.0 Å². The molecular weight excluding hydrogens is 615 g/mol. The number of carbonyl (C=O) groups is 4. The second-order valence-electron chi connectivity index (χ2n) is 13.6. The molecule has 0 bridgehead atoms. The third-order valence-electron chi connectivity index (χ3n) is 8.68. The van der Waals surface area contributed by atoms with Crippen LogP contribution in [0.2, 0.25) is 0 Å². The number of likely N-dealkylation sites (N-methyl/N-ethyl adjacent to an activating group) is 1. The first kappa shape index (κ1) is 36.9. The molecule has 2 aromatic carbocycles. The molecule has 12 nitrogen and oxygen atoms in total. The van der Waals surface area contributed by atoms with Gasteiger partial charge < -0.3 is 34.7 Å². The van der Waals surface area contributed by atoms with Gasteiger partial charge in [-0.1, -0.05) is 41.9 Å². The number of amides is 3. The minimum Gasteiger partial charge on any atom is -0.508 e. The highest BCUT2D eigenvalue weighted by Gasteiger charge is 2.38. The summed E-state index contributed by atoms with van der Waals surface area (Å²) in [4.78, 5) is 60.1. The van der Waals surface area contributed by atoms with E-state index >= 15 is 0 Å². The number of morpholine rings is 1. The van der Waals surface area contributed by atoms with Crippen molar-refractivity contribution in [3.8, 4) is 5.75 Å². The molecule has 0 saturated carbocycles. The van der Waals surface area contributed by atoms with E-state index < -0.39 is 41.5 Å². The van der Waals surface area contributed by atoms with Gasteiger partial charge in [0.05, 0.1) is 13.2 Å². The van der Waals surface area contributed by atoms with Crippen molar-refractivity contribution in [3.63, 3.8) is 0 Å². The van der Waals surface area contributed by atoms with Crippen LogP contribution in [-0.4, -0.2) is 126 Å². The van der Waals surface area contributed by atoms with Crippen molar-refractivity contribution in [2.45, 2.75) is 76.6 Å². The van der Waals surface area contributed by atoms with Crippen molar-refractivity contribution in [2.24, 2.45) is 0 Å². The zero-order chi connectivity index (χ0) is 34.8. The van der Waals surface area contributed by atoms with Gasteiger partial charge in [0.1, 0.15) is 29.5 Å². The van der Waals surface area contributed by atoms with Gasteiger partial charge in [0.15, 0.2) is 0 Å². The van der Waals surface area contributed by atoms with Gasteiger partial charge in [0.2, 0.25) is 17.7 Å². The lowest BCUT2D eigenvalue weighted by atomic mass is 9.86. The van der Waals surface area contributed by atoms with Gasteiger partial charge in [0.25, 0.3) is 0 Å². The van der Waals surface area contributed by atoms with E-state index in [1.165, 1.54) is 18.0 Å². The minimum atomic E-state index is -1.02. The number of nitrogens with zero attached hydrogens (tertiary/aromatic N) is 3. The normalized spacial score (nSPS) is 17.4. The molecule has 3 atom stereocenters. The highest BCUT2D eigenvalue weighted by molar-refractivity contribution is 6.45. The van der Waals surface area contributed by atoms with E-state index in [9.17, 15) is 29.3 Å². The summed E-state index contributed by atoms with van der Waals surface area (Å²) < 4.78 is 11.2. The lowest BCUT2D eigenvalue weighted by Gasteiger charge is -2.35.